The lowest BCUT2D eigenvalue weighted by Crippen LogP contribution is -2.42. The molecule has 0 fully saturated rings. The van der Waals surface area contributed by atoms with Crippen LogP contribution in [0.15, 0.2) is 22.7 Å². The fraction of sp³-hybridized carbons (Fsp3) is 0.500. The summed E-state index contributed by atoms with van der Waals surface area (Å²) in [5.74, 6) is -0.342. The third-order valence-electron chi connectivity index (χ3n) is 3.27. The number of hydrogen-bond acceptors (Lipinski definition) is 3. The van der Waals surface area contributed by atoms with E-state index in [0.29, 0.717) is 12.1 Å². The van der Waals surface area contributed by atoms with Crippen LogP contribution in [-0.2, 0) is 14.8 Å². The minimum absolute atomic E-state index is 0.177. The van der Waals surface area contributed by atoms with Crippen molar-refractivity contribution in [2.24, 2.45) is 0 Å². The van der Waals surface area contributed by atoms with Crippen LogP contribution in [0, 0.1) is 6.92 Å². The molecule has 1 aromatic carbocycles. The predicted molar refractivity (Wildman–Crippen MR) is 88.8 cm³/mol. The average molecular weight is 377 g/mol. The molecule has 0 aliphatic carbocycles. The number of aryl methyl sites for hydroxylation is 1. The van der Waals surface area contributed by atoms with Crippen LogP contribution in [0.3, 0.4) is 0 Å². The van der Waals surface area contributed by atoms with E-state index in [2.05, 4.69) is 21.2 Å². The zero-order valence-electron chi connectivity index (χ0n) is 12.7. The number of nitrogens with zero attached hydrogens (tertiary/aromatic N) is 1. The number of carbonyl (C=O) groups is 1. The SMILES string of the molecule is CCC(C)N(CC(=O)Nc1ccc(Br)cc1C)S(C)(=O)=O. The third-order valence-corrected chi connectivity index (χ3v) is 5.10. The summed E-state index contributed by atoms with van der Waals surface area (Å²) in [4.78, 5) is 12.1. The topological polar surface area (TPSA) is 66.5 Å². The number of nitrogens with one attached hydrogen (secondary N) is 1. The van der Waals surface area contributed by atoms with Crippen molar-refractivity contribution in [3.8, 4) is 0 Å². The van der Waals surface area contributed by atoms with Crippen LogP contribution in [0.1, 0.15) is 25.8 Å². The van der Waals surface area contributed by atoms with Gasteiger partial charge in [0.1, 0.15) is 0 Å². The summed E-state index contributed by atoms with van der Waals surface area (Å²) in [5.41, 5.74) is 1.59. The molecular formula is C14H21BrN2O3S. The van der Waals surface area contributed by atoms with E-state index in [-0.39, 0.29) is 18.5 Å². The molecule has 5 nitrogen and oxygen atoms in total. The fourth-order valence-corrected chi connectivity index (χ4v) is 3.53. The maximum absolute atomic E-state index is 12.1. The van der Waals surface area contributed by atoms with Crippen LogP contribution in [0.4, 0.5) is 5.69 Å². The first-order valence-corrected chi connectivity index (χ1v) is 9.32. The number of carbonyl (C=O) groups excluding carboxylic acids is 1. The lowest BCUT2D eigenvalue weighted by molar-refractivity contribution is -0.116. The highest BCUT2D eigenvalue weighted by atomic mass is 79.9. The summed E-state index contributed by atoms with van der Waals surface area (Å²) in [6.07, 6.45) is 1.77. The Morgan fingerprint density at radius 1 is 1.43 bits per heavy atom. The molecule has 21 heavy (non-hydrogen) atoms. The summed E-state index contributed by atoms with van der Waals surface area (Å²) >= 11 is 3.36. The summed E-state index contributed by atoms with van der Waals surface area (Å²) in [6, 6.07) is 5.28. The van der Waals surface area contributed by atoms with E-state index >= 15 is 0 Å². The van der Waals surface area contributed by atoms with E-state index < -0.39 is 10.0 Å². The number of halogens is 1. The highest BCUT2D eigenvalue weighted by Gasteiger charge is 2.24. The zero-order chi connectivity index (χ0) is 16.2. The Morgan fingerprint density at radius 3 is 2.52 bits per heavy atom. The normalized spacial score (nSPS) is 13.2. The van der Waals surface area contributed by atoms with Crippen molar-refractivity contribution in [1.82, 2.24) is 4.31 Å². The molecule has 1 aromatic rings. The van der Waals surface area contributed by atoms with Crippen molar-refractivity contribution in [3.63, 3.8) is 0 Å². The van der Waals surface area contributed by atoms with Gasteiger partial charge >= 0.3 is 0 Å². The minimum Gasteiger partial charge on any atom is -0.325 e. The Bertz CT molecular complexity index is 617. The van der Waals surface area contributed by atoms with Gasteiger partial charge in [0.05, 0.1) is 12.8 Å². The number of benzene rings is 1. The molecule has 0 aliphatic heterocycles. The van der Waals surface area contributed by atoms with Gasteiger partial charge in [-0.2, -0.15) is 4.31 Å². The Kier molecular flexibility index (Phi) is 6.37. The van der Waals surface area contributed by atoms with Gasteiger partial charge < -0.3 is 5.32 Å². The maximum atomic E-state index is 12.1. The minimum atomic E-state index is -3.42. The van der Waals surface area contributed by atoms with E-state index in [4.69, 9.17) is 0 Å². The monoisotopic (exact) mass is 376 g/mol. The molecule has 0 bridgehead atoms. The number of amides is 1. The first-order chi connectivity index (χ1) is 9.65. The van der Waals surface area contributed by atoms with E-state index in [1.54, 1.807) is 13.0 Å². The van der Waals surface area contributed by atoms with E-state index in [9.17, 15) is 13.2 Å². The third kappa shape index (κ3) is 5.41. The standard InChI is InChI=1S/C14H21BrN2O3S/c1-5-11(3)17(21(4,19)20)9-14(18)16-13-7-6-12(15)8-10(13)2/h6-8,11H,5,9H2,1-4H3,(H,16,18). The van der Waals surface area contributed by atoms with Crippen LogP contribution in [-0.4, -0.2) is 37.5 Å². The Morgan fingerprint density at radius 2 is 2.05 bits per heavy atom. The molecule has 1 unspecified atom stereocenters. The van der Waals surface area contributed by atoms with Crippen molar-refractivity contribution in [2.45, 2.75) is 33.2 Å². The lowest BCUT2D eigenvalue weighted by atomic mass is 10.2. The molecule has 0 spiro atoms. The molecule has 0 saturated heterocycles. The van der Waals surface area contributed by atoms with E-state index in [1.165, 1.54) is 4.31 Å². The van der Waals surface area contributed by atoms with Crippen molar-refractivity contribution in [2.75, 3.05) is 18.1 Å². The molecule has 1 rings (SSSR count). The molecule has 0 heterocycles. The highest BCUT2D eigenvalue weighted by Crippen LogP contribution is 2.20. The molecule has 0 aromatic heterocycles. The van der Waals surface area contributed by atoms with Crippen molar-refractivity contribution in [3.05, 3.63) is 28.2 Å². The molecule has 1 atom stereocenters. The van der Waals surface area contributed by atoms with Gasteiger partial charge in [0, 0.05) is 16.2 Å². The Balaban J connectivity index is 2.84. The summed E-state index contributed by atoms with van der Waals surface area (Å²) < 4.78 is 25.7. The van der Waals surface area contributed by atoms with Gasteiger partial charge in [-0.1, -0.05) is 22.9 Å². The summed E-state index contributed by atoms with van der Waals surface area (Å²) in [5, 5.41) is 2.75. The zero-order valence-corrected chi connectivity index (χ0v) is 15.1. The molecule has 0 aliphatic rings. The van der Waals surface area contributed by atoms with Crippen LogP contribution in [0.25, 0.3) is 0 Å². The number of anilines is 1. The summed E-state index contributed by atoms with van der Waals surface area (Å²) in [6.45, 7) is 5.38. The number of rotatable bonds is 6. The molecule has 0 radical (unpaired) electrons. The summed E-state index contributed by atoms with van der Waals surface area (Å²) in [7, 11) is -3.42. The first-order valence-electron chi connectivity index (χ1n) is 6.68. The molecule has 0 saturated carbocycles. The molecule has 1 amide bonds. The van der Waals surface area contributed by atoms with Crippen molar-refractivity contribution < 1.29 is 13.2 Å². The second kappa shape index (κ2) is 7.38. The van der Waals surface area contributed by atoms with Crippen LogP contribution >= 0.6 is 15.9 Å². The molecule has 118 valence electrons. The second-order valence-corrected chi connectivity index (χ2v) is 7.92. The number of sulfonamides is 1. The van der Waals surface area contributed by atoms with Gasteiger partial charge in [-0.05, 0) is 44.0 Å². The molecule has 7 heteroatoms. The van der Waals surface area contributed by atoms with Gasteiger partial charge in [0.25, 0.3) is 0 Å². The van der Waals surface area contributed by atoms with Gasteiger partial charge in [0.2, 0.25) is 15.9 Å². The highest BCUT2D eigenvalue weighted by molar-refractivity contribution is 9.10. The van der Waals surface area contributed by atoms with Gasteiger partial charge in [-0.15, -0.1) is 0 Å². The smallest absolute Gasteiger partial charge is 0.239 e. The van der Waals surface area contributed by atoms with Gasteiger partial charge in [-0.25, -0.2) is 8.42 Å². The molecular weight excluding hydrogens is 356 g/mol. The predicted octanol–water partition coefficient (Wildman–Crippen LogP) is 2.76. The first kappa shape index (κ1) is 18.1. The van der Waals surface area contributed by atoms with Gasteiger partial charge in [0.15, 0.2) is 0 Å². The van der Waals surface area contributed by atoms with Crippen molar-refractivity contribution >= 4 is 37.5 Å². The Labute approximate surface area is 134 Å². The average Bonchev–Trinajstić information content (AvgIpc) is 2.37. The maximum Gasteiger partial charge on any atom is 0.239 e. The van der Waals surface area contributed by atoms with Gasteiger partial charge in [-0.3, -0.25) is 4.79 Å². The van der Waals surface area contributed by atoms with Crippen LogP contribution in [0.2, 0.25) is 0 Å². The fourth-order valence-electron chi connectivity index (χ4n) is 1.90. The van der Waals surface area contributed by atoms with Crippen LogP contribution in [0.5, 0.6) is 0 Å². The number of hydrogen-bond donors (Lipinski definition) is 1. The Hall–Kier alpha value is -0.920. The molecule has 1 N–H and O–H groups in total. The second-order valence-electron chi connectivity index (χ2n) is 5.07. The van der Waals surface area contributed by atoms with Crippen molar-refractivity contribution in [1.29, 1.82) is 0 Å². The van der Waals surface area contributed by atoms with E-state index in [1.807, 2.05) is 26.0 Å². The largest absolute Gasteiger partial charge is 0.325 e. The van der Waals surface area contributed by atoms with Crippen LogP contribution < -0.4 is 5.32 Å². The quantitative estimate of drug-likeness (QED) is 0.829. The lowest BCUT2D eigenvalue weighted by Gasteiger charge is -2.25. The van der Waals surface area contributed by atoms with E-state index in [0.717, 1.165) is 16.3 Å².